The molecule has 3 rings (SSSR count). The molecule has 26 heavy (non-hydrogen) atoms. The molecule has 0 saturated heterocycles. The number of anilines is 1. The highest BCUT2D eigenvalue weighted by Gasteiger charge is 2.31. The number of benzene rings is 2. The Morgan fingerprint density at radius 1 is 1.04 bits per heavy atom. The smallest absolute Gasteiger partial charge is 0.384 e. The van der Waals surface area contributed by atoms with E-state index in [1.54, 1.807) is 6.07 Å². The van der Waals surface area contributed by atoms with Crippen molar-refractivity contribution < 1.29 is 17.6 Å². The zero-order chi connectivity index (χ0) is 18.7. The third-order valence-corrected chi connectivity index (χ3v) is 3.82. The van der Waals surface area contributed by atoms with Crippen LogP contribution in [0.15, 0.2) is 48.7 Å². The van der Waals surface area contributed by atoms with Gasteiger partial charge in [-0.15, -0.1) is 0 Å². The van der Waals surface area contributed by atoms with Gasteiger partial charge in [0.2, 0.25) is 0 Å². The quantitative estimate of drug-likeness (QED) is 0.592. The molecule has 0 atom stereocenters. The highest BCUT2D eigenvalue weighted by atomic mass is 19.4. The Labute approximate surface area is 147 Å². The summed E-state index contributed by atoms with van der Waals surface area (Å²) in [6, 6.07) is 9.33. The van der Waals surface area contributed by atoms with Gasteiger partial charge in [-0.25, -0.2) is 4.39 Å². The Morgan fingerprint density at radius 2 is 1.77 bits per heavy atom. The zero-order valence-corrected chi connectivity index (χ0v) is 13.6. The Kier molecular flexibility index (Phi) is 4.94. The second kappa shape index (κ2) is 7.17. The molecule has 0 aliphatic carbocycles. The summed E-state index contributed by atoms with van der Waals surface area (Å²) >= 11 is 0. The largest absolute Gasteiger partial charge is 0.416 e. The Bertz CT molecular complexity index is 885. The molecular formula is C18H16F4N4. The first kappa shape index (κ1) is 17.9. The zero-order valence-electron chi connectivity index (χ0n) is 13.6. The van der Waals surface area contributed by atoms with Gasteiger partial charge >= 0.3 is 6.18 Å². The molecule has 0 spiro atoms. The van der Waals surface area contributed by atoms with Crippen LogP contribution in [0.25, 0.3) is 22.4 Å². The van der Waals surface area contributed by atoms with E-state index in [0.717, 1.165) is 12.1 Å². The number of aromatic amines is 1. The van der Waals surface area contributed by atoms with E-state index < -0.39 is 17.6 Å². The van der Waals surface area contributed by atoms with Crippen LogP contribution in [-0.2, 0) is 6.18 Å². The number of nitrogens with one attached hydrogen (secondary N) is 2. The van der Waals surface area contributed by atoms with E-state index in [4.69, 9.17) is 5.73 Å². The van der Waals surface area contributed by atoms with Crippen molar-refractivity contribution in [3.8, 4) is 22.4 Å². The minimum absolute atomic E-state index is 0.290. The van der Waals surface area contributed by atoms with Crippen LogP contribution >= 0.6 is 0 Å². The Morgan fingerprint density at radius 3 is 2.42 bits per heavy atom. The maximum absolute atomic E-state index is 13.3. The summed E-state index contributed by atoms with van der Waals surface area (Å²) < 4.78 is 52.9. The predicted octanol–water partition coefficient (Wildman–Crippen LogP) is 4.27. The molecule has 0 fully saturated rings. The summed E-state index contributed by atoms with van der Waals surface area (Å²) in [5, 5.41) is 9.58. The fourth-order valence-electron chi connectivity index (χ4n) is 2.61. The number of hydrogen-bond acceptors (Lipinski definition) is 3. The molecule has 0 amide bonds. The molecule has 0 radical (unpaired) electrons. The van der Waals surface area contributed by atoms with Crippen LogP contribution < -0.4 is 11.1 Å². The molecule has 0 aliphatic heterocycles. The number of hydrogen-bond donors (Lipinski definition) is 3. The number of nitrogens with zero attached hydrogens (tertiary/aromatic N) is 1. The van der Waals surface area contributed by atoms with Gasteiger partial charge in [0.05, 0.1) is 17.5 Å². The number of H-pyrrole nitrogens is 1. The molecule has 4 N–H and O–H groups in total. The van der Waals surface area contributed by atoms with Crippen molar-refractivity contribution in [1.82, 2.24) is 10.2 Å². The highest BCUT2D eigenvalue weighted by molar-refractivity contribution is 5.82. The molecule has 0 unspecified atom stereocenters. The monoisotopic (exact) mass is 364 g/mol. The summed E-state index contributed by atoms with van der Waals surface area (Å²) in [5.41, 5.74) is 6.90. The van der Waals surface area contributed by atoms with E-state index in [-0.39, 0.29) is 6.54 Å². The fraction of sp³-hybridized carbons (Fsp3) is 0.167. The average molecular weight is 364 g/mol. The van der Waals surface area contributed by atoms with Gasteiger partial charge in [-0.2, -0.15) is 18.3 Å². The summed E-state index contributed by atoms with van der Waals surface area (Å²) in [6.07, 6.45) is -3.05. The lowest BCUT2D eigenvalue weighted by atomic mass is 9.99. The summed E-state index contributed by atoms with van der Waals surface area (Å²) in [5.74, 6) is -0.401. The maximum atomic E-state index is 13.3. The summed E-state index contributed by atoms with van der Waals surface area (Å²) in [4.78, 5) is 0. The van der Waals surface area contributed by atoms with E-state index in [0.29, 0.717) is 34.6 Å². The van der Waals surface area contributed by atoms with Crippen LogP contribution in [0.2, 0.25) is 0 Å². The topological polar surface area (TPSA) is 66.7 Å². The van der Waals surface area contributed by atoms with Gasteiger partial charge in [0.25, 0.3) is 0 Å². The van der Waals surface area contributed by atoms with Crippen LogP contribution in [0.1, 0.15) is 5.56 Å². The first-order valence-corrected chi connectivity index (χ1v) is 7.84. The normalized spacial score (nSPS) is 11.6. The van der Waals surface area contributed by atoms with E-state index in [1.807, 2.05) is 0 Å². The van der Waals surface area contributed by atoms with Gasteiger partial charge in [0.1, 0.15) is 5.82 Å². The van der Waals surface area contributed by atoms with E-state index in [9.17, 15) is 17.6 Å². The molecule has 2 aromatic carbocycles. The average Bonchev–Trinajstić information content (AvgIpc) is 3.09. The van der Waals surface area contributed by atoms with Gasteiger partial charge < -0.3 is 11.1 Å². The van der Waals surface area contributed by atoms with E-state index in [1.165, 1.54) is 30.5 Å². The first-order chi connectivity index (χ1) is 12.4. The van der Waals surface area contributed by atoms with E-state index >= 15 is 0 Å². The van der Waals surface area contributed by atoms with Crippen molar-refractivity contribution in [3.05, 3.63) is 60.0 Å². The second-order valence-electron chi connectivity index (χ2n) is 5.68. The molecule has 136 valence electrons. The van der Waals surface area contributed by atoms with Crippen molar-refractivity contribution in [2.24, 2.45) is 5.73 Å². The van der Waals surface area contributed by atoms with E-state index in [2.05, 4.69) is 15.5 Å². The lowest BCUT2D eigenvalue weighted by Crippen LogP contribution is -2.14. The molecular weight excluding hydrogens is 348 g/mol. The molecule has 1 heterocycles. The minimum Gasteiger partial charge on any atom is -0.384 e. The van der Waals surface area contributed by atoms with Crippen LogP contribution in [0.3, 0.4) is 0 Å². The first-order valence-electron chi connectivity index (χ1n) is 7.84. The van der Waals surface area contributed by atoms with Crippen molar-refractivity contribution in [2.75, 3.05) is 18.4 Å². The van der Waals surface area contributed by atoms with Crippen molar-refractivity contribution in [1.29, 1.82) is 0 Å². The minimum atomic E-state index is -4.49. The van der Waals surface area contributed by atoms with Crippen LogP contribution in [0.4, 0.5) is 23.2 Å². The molecule has 8 heteroatoms. The fourth-order valence-corrected chi connectivity index (χ4v) is 2.61. The van der Waals surface area contributed by atoms with Crippen molar-refractivity contribution in [2.45, 2.75) is 6.18 Å². The van der Waals surface area contributed by atoms with Gasteiger partial charge in [-0.3, -0.25) is 5.10 Å². The second-order valence-corrected chi connectivity index (χ2v) is 5.68. The maximum Gasteiger partial charge on any atom is 0.416 e. The number of nitrogens with two attached hydrogens (primary N) is 1. The number of alkyl halides is 3. The summed E-state index contributed by atoms with van der Waals surface area (Å²) in [7, 11) is 0. The van der Waals surface area contributed by atoms with Gasteiger partial charge in [-0.05, 0) is 48.0 Å². The van der Waals surface area contributed by atoms with Crippen LogP contribution in [0.5, 0.6) is 0 Å². The lowest BCUT2D eigenvalue weighted by Gasteiger charge is -2.14. The Hall–Kier alpha value is -2.87. The molecule has 0 saturated carbocycles. The van der Waals surface area contributed by atoms with Crippen molar-refractivity contribution >= 4 is 5.69 Å². The van der Waals surface area contributed by atoms with Crippen LogP contribution in [0, 0.1) is 5.82 Å². The standard InChI is InChI=1S/C18H16F4N4/c19-14-3-1-11(2-4-14)17-16(10-25-26-17)12-7-13(18(20,21)22)9-15(8-12)24-6-5-23/h1-4,7-10,24H,5-6,23H2,(H,25,26). The van der Waals surface area contributed by atoms with Gasteiger partial charge in [0.15, 0.2) is 0 Å². The predicted molar refractivity (Wildman–Crippen MR) is 92.0 cm³/mol. The van der Waals surface area contributed by atoms with Gasteiger partial charge in [0, 0.05) is 29.9 Å². The number of halogens is 4. The SMILES string of the molecule is NCCNc1cc(-c2cn[nH]c2-c2ccc(F)cc2)cc(C(F)(F)F)c1. The molecule has 0 aliphatic rings. The van der Waals surface area contributed by atoms with Crippen LogP contribution in [-0.4, -0.2) is 23.3 Å². The molecule has 4 nitrogen and oxygen atoms in total. The highest BCUT2D eigenvalue weighted by Crippen LogP contribution is 2.37. The van der Waals surface area contributed by atoms with Crippen molar-refractivity contribution in [3.63, 3.8) is 0 Å². The number of rotatable bonds is 5. The lowest BCUT2D eigenvalue weighted by molar-refractivity contribution is -0.137. The molecule has 0 bridgehead atoms. The number of aromatic nitrogens is 2. The third-order valence-electron chi connectivity index (χ3n) is 3.82. The molecule has 3 aromatic rings. The Balaban J connectivity index is 2.09. The summed E-state index contributed by atoms with van der Waals surface area (Å²) in [6.45, 7) is 0.634. The third kappa shape index (κ3) is 3.85. The van der Waals surface area contributed by atoms with Gasteiger partial charge in [-0.1, -0.05) is 0 Å². The molecule has 1 aromatic heterocycles.